The molecule has 0 bridgehead atoms. The Morgan fingerprint density at radius 1 is 1.06 bits per heavy atom. The highest BCUT2D eigenvalue weighted by Gasteiger charge is 2.50. The maximum Gasteiger partial charge on any atom is 0.203 e. The minimum absolute atomic E-state index is 0.446. The highest BCUT2D eigenvalue weighted by Crippen LogP contribution is 2.30. The summed E-state index contributed by atoms with van der Waals surface area (Å²) < 4.78 is 16.8. The fourth-order valence-electron chi connectivity index (χ4n) is 2.16. The van der Waals surface area contributed by atoms with Crippen LogP contribution in [-0.2, 0) is 14.2 Å². The van der Waals surface area contributed by atoms with Gasteiger partial charge in [0.05, 0.1) is 10.2 Å². The molecule has 0 aromatic carbocycles. The van der Waals surface area contributed by atoms with Gasteiger partial charge in [-0.3, -0.25) is 4.90 Å². The van der Waals surface area contributed by atoms with Crippen molar-refractivity contribution in [3.8, 4) is 0 Å². The van der Waals surface area contributed by atoms with Crippen LogP contribution in [0.4, 0.5) is 0 Å². The van der Waals surface area contributed by atoms with Gasteiger partial charge in [-0.1, -0.05) is 0 Å². The van der Waals surface area contributed by atoms with E-state index in [1.54, 1.807) is 21.3 Å². The molecule has 0 radical (unpaired) electrons. The Balaban J connectivity index is 2.89. The SMILES string of the molecule is COC(C)(OC)C([SiH3])(OC)N1CCNCC1. The third-order valence-corrected chi connectivity index (χ3v) is 5.69. The quantitative estimate of drug-likeness (QED) is 0.477. The normalized spacial score (nSPS) is 23.2. The number of hydrogen-bond donors (Lipinski definition) is 1. The Morgan fingerprint density at radius 3 is 1.94 bits per heavy atom. The summed E-state index contributed by atoms with van der Waals surface area (Å²) in [6.45, 7) is 5.82. The highest BCUT2D eigenvalue weighted by atomic mass is 28.1. The van der Waals surface area contributed by atoms with Gasteiger partial charge in [0.1, 0.15) is 5.35 Å². The first-order valence-electron chi connectivity index (χ1n) is 5.65. The monoisotopic (exact) mass is 248 g/mol. The van der Waals surface area contributed by atoms with E-state index >= 15 is 0 Å². The van der Waals surface area contributed by atoms with Crippen LogP contribution in [0.1, 0.15) is 6.92 Å². The van der Waals surface area contributed by atoms with E-state index in [0.29, 0.717) is 0 Å². The largest absolute Gasteiger partial charge is 0.362 e. The molecule has 0 aromatic rings. The summed E-state index contributed by atoms with van der Waals surface area (Å²) in [4.78, 5) is 2.31. The molecule has 1 aliphatic rings. The molecular formula is C10H24N2O3Si. The molecule has 1 fully saturated rings. The summed E-state index contributed by atoms with van der Waals surface area (Å²) in [6, 6.07) is 0. The number of hydrogen-bond acceptors (Lipinski definition) is 5. The molecule has 1 rings (SSSR count). The van der Waals surface area contributed by atoms with Crippen LogP contribution in [-0.4, -0.2) is 73.8 Å². The average molecular weight is 248 g/mol. The first-order valence-corrected chi connectivity index (χ1v) is 6.65. The van der Waals surface area contributed by atoms with Crippen molar-refractivity contribution in [2.45, 2.75) is 18.1 Å². The van der Waals surface area contributed by atoms with Gasteiger partial charge >= 0.3 is 0 Å². The van der Waals surface area contributed by atoms with Crippen LogP contribution in [0.3, 0.4) is 0 Å². The van der Waals surface area contributed by atoms with E-state index in [9.17, 15) is 0 Å². The first-order chi connectivity index (χ1) is 7.54. The van der Waals surface area contributed by atoms with Gasteiger partial charge in [-0.25, -0.2) is 0 Å². The predicted octanol–water partition coefficient (Wildman–Crippen LogP) is -1.43. The molecule has 1 atom stereocenters. The molecule has 1 unspecified atom stereocenters. The molecule has 5 nitrogen and oxygen atoms in total. The lowest BCUT2D eigenvalue weighted by Crippen LogP contribution is -2.69. The number of ether oxygens (including phenoxy) is 3. The Hall–Kier alpha value is 0.0169. The Morgan fingerprint density at radius 2 is 1.56 bits per heavy atom. The molecule has 0 spiro atoms. The number of nitrogens with zero attached hydrogens (tertiary/aromatic N) is 1. The zero-order valence-corrected chi connectivity index (χ0v) is 13.0. The van der Waals surface area contributed by atoms with E-state index < -0.39 is 11.1 Å². The molecule has 1 N–H and O–H groups in total. The molecule has 16 heavy (non-hydrogen) atoms. The van der Waals surface area contributed by atoms with Crippen LogP contribution in [0.2, 0.25) is 0 Å². The van der Waals surface area contributed by atoms with E-state index in [-0.39, 0.29) is 0 Å². The lowest BCUT2D eigenvalue weighted by atomic mass is 10.2. The molecule has 1 saturated heterocycles. The van der Waals surface area contributed by atoms with Gasteiger partial charge in [0.25, 0.3) is 0 Å². The van der Waals surface area contributed by atoms with E-state index in [1.165, 1.54) is 0 Å². The summed E-state index contributed by atoms with van der Waals surface area (Å²) in [5.41, 5.74) is 0. The van der Waals surface area contributed by atoms with Crippen molar-refractivity contribution in [1.29, 1.82) is 0 Å². The summed E-state index contributed by atoms with van der Waals surface area (Å²) in [7, 11) is 5.87. The average Bonchev–Trinajstić information content (AvgIpc) is 2.37. The standard InChI is InChI=1S/C10H24N2O3Si/c1-9(13-2,14-3)10(16,15-4)12-7-5-11-6-8-12/h11H,5-8H2,1-4,16H3. The fourth-order valence-corrected chi connectivity index (χ4v) is 3.01. The lowest BCUT2D eigenvalue weighted by molar-refractivity contribution is -0.310. The third kappa shape index (κ3) is 2.32. The zero-order chi connectivity index (χ0) is 12.2. The van der Waals surface area contributed by atoms with Crippen molar-refractivity contribution >= 4 is 10.2 Å². The third-order valence-electron chi connectivity index (χ3n) is 3.74. The number of rotatable bonds is 5. The van der Waals surface area contributed by atoms with Gasteiger partial charge in [0.2, 0.25) is 5.79 Å². The summed E-state index contributed by atoms with van der Waals surface area (Å²) in [5.74, 6) is -0.717. The van der Waals surface area contributed by atoms with Gasteiger partial charge in [0, 0.05) is 47.5 Å². The van der Waals surface area contributed by atoms with Crippen molar-refractivity contribution in [1.82, 2.24) is 10.2 Å². The molecule has 0 saturated carbocycles. The maximum atomic E-state index is 5.73. The van der Waals surface area contributed by atoms with E-state index in [4.69, 9.17) is 14.2 Å². The Labute approximate surface area is 101 Å². The number of nitrogens with one attached hydrogen (secondary N) is 1. The van der Waals surface area contributed by atoms with Crippen LogP contribution >= 0.6 is 0 Å². The maximum absolute atomic E-state index is 5.73. The Bertz CT molecular complexity index is 220. The second kappa shape index (κ2) is 5.57. The van der Waals surface area contributed by atoms with E-state index in [0.717, 1.165) is 36.4 Å². The van der Waals surface area contributed by atoms with Gasteiger partial charge in [-0.05, 0) is 6.92 Å². The predicted molar refractivity (Wildman–Crippen MR) is 66.5 cm³/mol. The molecule has 0 aromatic heterocycles. The van der Waals surface area contributed by atoms with Crippen molar-refractivity contribution in [2.24, 2.45) is 0 Å². The molecule has 96 valence electrons. The fraction of sp³-hybridized carbons (Fsp3) is 1.00. The Kier molecular flexibility index (Phi) is 4.90. The molecule has 1 heterocycles. The second-order valence-corrected chi connectivity index (χ2v) is 5.63. The summed E-state index contributed by atoms with van der Waals surface area (Å²) >= 11 is 0. The van der Waals surface area contributed by atoms with Crippen molar-refractivity contribution < 1.29 is 14.2 Å². The zero-order valence-electron chi connectivity index (χ0n) is 11.0. The second-order valence-electron chi connectivity index (χ2n) is 4.28. The highest BCUT2D eigenvalue weighted by molar-refractivity contribution is 6.15. The minimum atomic E-state index is -0.717. The molecule has 6 heteroatoms. The van der Waals surface area contributed by atoms with Gasteiger partial charge in [0.15, 0.2) is 0 Å². The number of methoxy groups -OCH3 is 3. The van der Waals surface area contributed by atoms with E-state index in [1.807, 2.05) is 6.92 Å². The summed E-state index contributed by atoms with van der Waals surface area (Å²) in [6.07, 6.45) is 0. The van der Waals surface area contributed by atoms with Gasteiger partial charge in [-0.2, -0.15) is 0 Å². The van der Waals surface area contributed by atoms with Crippen LogP contribution in [0.25, 0.3) is 0 Å². The van der Waals surface area contributed by atoms with Crippen molar-refractivity contribution in [2.75, 3.05) is 47.5 Å². The molecule has 0 aliphatic carbocycles. The minimum Gasteiger partial charge on any atom is -0.362 e. The smallest absolute Gasteiger partial charge is 0.203 e. The molecular weight excluding hydrogens is 224 g/mol. The van der Waals surface area contributed by atoms with Crippen LogP contribution < -0.4 is 5.32 Å². The van der Waals surface area contributed by atoms with Crippen molar-refractivity contribution in [3.63, 3.8) is 0 Å². The number of piperazine rings is 1. The van der Waals surface area contributed by atoms with Crippen LogP contribution in [0, 0.1) is 0 Å². The van der Waals surface area contributed by atoms with Crippen LogP contribution in [0.15, 0.2) is 0 Å². The molecule has 0 amide bonds. The van der Waals surface area contributed by atoms with E-state index in [2.05, 4.69) is 10.2 Å². The van der Waals surface area contributed by atoms with Gasteiger partial charge in [-0.15, -0.1) is 0 Å². The summed E-state index contributed by atoms with van der Waals surface area (Å²) in [5, 5.41) is 2.89. The van der Waals surface area contributed by atoms with Crippen molar-refractivity contribution in [3.05, 3.63) is 0 Å². The van der Waals surface area contributed by atoms with Gasteiger partial charge < -0.3 is 19.5 Å². The van der Waals surface area contributed by atoms with Crippen LogP contribution in [0.5, 0.6) is 0 Å². The molecule has 1 aliphatic heterocycles. The first kappa shape index (κ1) is 14.1. The topological polar surface area (TPSA) is 43.0 Å². The lowest BCUT2D eigenvalue weighted by Gasteiger charge is -2.51.